The first kappa shape index (κ1) is 11.2. The van der Waals surface area contributed by atoms with Gasteiger partial charge in [0.2, 0.25) is 0 Å². The second-order valence-corrected chi connectivity index (χ2v) is 4.18. The minimum absolute atomic E-state index is 0.442. The maximum Gasteiger partial charge on any atom is 0.0837 e. The summed E-state index contributed by atoms with van der Waals surface area (Å²) >= 11 is 6.26. The van der Waals surface area contributed by atoms with Crippen LogP contribution < -0.4 is 5.73 Å². The molecule has 1 aromatic heterocycles. The molecule has 0 fully saturated rings. The van der Waals surface area contributed by atoms with Crippen LogP contribution in [0.25, 0.3) is 5.69 Å². The van der Waals surface area contributed by atoms with Gasteiger partial charge in [-0.2, -0.15) is 5.10 Å². The van der Waals surface area contributed by atoms with Crippen LogP contribution in [-0.4, -0.2) is 9.78 Å². The lowest BCUT2D eigenvalue weighted by Crippen LogP contribution is -2.02. The van der Waals surface area contributed by atoms with E-state index in [1.165, 1.54) is 0 Å². The molecule has 0 unspecified atom stereocenters. The molecule has 0 radical (unpaired) electrons. The molecule has 1 heterocycles. The van der Waals surface area contributed by atoms with Crippen LogP contribution >= 0.6 is 11.6 Å². The fraction of sp³-hybridized carbons (Fsp3) is 0.250. The summed E-state index contributed by atoms with van der Waals surface area (Å²) in [5, 5.41) is 5.14. The first-order valence-electron chi connectivity index (χ1n) is 5.14. The van der Waals surface area contributed by atoms with Gasteiger partial charge in [0.25, 0.3) is 0 Å². The predicted octanol–water partition coefficient (Wildman–Crippen LogP) is 2.60. The molecular weight excluding hydrogens is 222 g/mol. The van der Waals surface area contributed by atoms with Gasteiger partial charge in [-0.05, 0) is 31.5 Å². The largest absolute Gasteiger partial charge is 0.325 e. The first-order valence-corrected chi connectivity index (χ1v) is 5.52. The standard InChI is InChI=1S/C12H14ClN3/c1-8-4-3-5-11(12(8)13)16-9(2)6-10(7-14)15-16/h3-6H,7,14H2,1-2H3. The lowest BCUT2D eigenvalue weighted by molar-refractivity contribution is 0.812. The molecule has 2 N–H and O–H groups in total. The number of aryl methyl sites for hydroxylation is 2. The number of halogens is 1. The van der Waals surface area contributed by atoms with Crippen molar-refractivity contribution in [1.82, 2.24) is 9.78 Å². The Bertz CT molecular complexity index is 517. The number of nitrogens with two attached hydrogens (primary N) is 1. The predicted molar refractivity (Wildman–Crippen MR) is 65.9 cm³/mol. The smallest absolute Gasteiger partial charge is 0.0837 e. The third kappa shape index (κ3) is 1.84. The third-order valence-corrected chi connectivity index (χ3v) is 3.04. The van der Waals surface area contributed by atoms with Gasteiger partial charge in [-0.3, -0.25) is 0 Å². The van der Waals surface area contributed by atoms with Crippen LogP contribution in [0.4, 0.5) is 0 Å². The lowest BCUT2D eigenvalue weighted by atomic mass is 10.2. The number of nitrogens with zero attached hydrogens (tertiary/aromatic N) is 2. The molecule has 0 bridgehead atoms. The quantitative estimate of drug-likeness (QED) is 0.870. The van der Waals surface area contributed by atoms with Gasteiger partial charge in [0.05, 0.1) is 16.4 Å². The zero-order chi connectivity index (χ0) is 11.7. The molecule has 0 atom stereocenters. The summed E-state index contributed by atoms with van der Waals surface area (Å²) in [4.78, 5) is 0. The molecule has 84 valence electrons. The van der Waals surface area contributed by atoms with Gasteiger partial charge in [-0.1, -0.05) is 23.7 Å². The SMILES string of the molecule is Cc1cccc(-n2nc(CN)cc2C)c1Cl. The Morgan fingerprint density at radius 3 is 2.75 bits per heavy atom. The van der Waals surface area contributed by atoms with Crippen molar-refractivity contribution in [3.63, 3.8) is 0 Å². The van der Waals surface area contributed by atoms with Crippen molar-refractivity contribution in [1.29, 1.82) is 0 Å². The molecule has 0 aliphatic carbocycles. The number of benzene rings is 1. The van der Waals surface area contributed by atoms with Crippen LogP contribution in [0.2, 0.25) is 5.02 Å². The Labute approximate surface area is 99.8 Å². The van der Waals surface area contributed by atoms with E-state index in [-0.39, 0.29) is 0 Å². The minimum Gasteiger partial charge on any atom is -0.325 e. The highest BCUT2D eigenvalue weighted by molar-refractivity contribution is 6.33. The first-order chi connectivity index (χ1) is 7.63. The summed E-state index contributed by atoms with van der Waals surface area (Å²) in [5.74, 6) is 0. The van der Waals surface area contributed by atoms with E-state index in [1.54, 1.807) is 0 Å². The summed E-state index contributed by atoms with van der Waals surface area (Å²) in [6, 6.07) is 7.88. The van der Waals surface area contributed by atoms with E-state index in [2.05, 4.69) is 5.10 Å². The van der Waals surface area contributed by atoms with Gasteiger partial charge in [-0.25, -0.2) is 4.68 Å². The van der Waals surface area contributed by atoms with Crippen molar-refractivity contribution in [2.24, 2.45) is 5.73 Å². The molecule has 0 saturated carbocycles. The van der Waals surface area contributed by atoms with E-state index in [9.17, 15) is 0 Å². The van der Waals surface area contributed by atoms with Gasteiger partial charge in [-0.15, -0.1) is 0 Å². The monoisotopic (exact) mass is 235 g/mol. The van der Waals surface area contributed by atoms with E-state index >= 15 is 0 Å². The molecule has 2 aromatic rings. The zero-order valence-corrected chi connectivity index (χ0v) is 10.1. The highest BCUT2D eigenvalue weighted by Crippen LogP contribution is 2.24. The molecule has 0 aliphatic heterocycles. The van der Waals surface area contributed by atoms with Gasteiger partial charge in [0.15, 0.2) is 0 Å². The summed E-state index contributed by atoms with van der Waals surface area (Å²) in [7, 11) is 0. The molecular formula is C12H14ClN3. The highest BCUT2D eigenvalue weighted by Gasteiger charge is 2.09. The maximum absolute atomic E-state index is 6.26. The lowest BCUT2D eigenvalue weighted by Gasteiger charge is -2.08. The van der Waals surface area contributed by atoms with Gasteiger partial charge < -0.3 is 5.73 Å². The number of hydrogen-bond acceptors (Lipinski definition) is 2. The fourth-order valence-corrected chi connectivity index (χ4v) is 1.88. The number of aromatic nitrogens is 2. The molecule has 4 heteroatoms. The molecule has 3 nitrogen and oxygen atoms in total. The van der Waals surface area contributed by atoms with Crippen molar-refractivity contribution >= 4 is 11.6 Å². The fourth-order valence-electron chi connectivity index (χ4n) is 1.68. The van der Waals surface area contributed by atoms with Crippen molar-refractivity contribution < 1.29 is 0 Å². The van der Waals surface area contributed by atoms with Crippen LogP contribution in [0.15, 0.2) is 24.3 Å². The minimum atomic E-state index is 0.442. The Morgan fingerprint density at radius 1 is 1.38 bits per heavy atom. The van der Waals surface area contributed by atoms with Crippen molar-refractivity contribution in [3.05, 3.63) is 46.2 Å². The average molecular weight is 236 g/mol. The highest BCUT2D eigenvalue weighted by atomic mass is 35.5. The van der Waals surface area contributed by atoms with E-state index in [0.29, 0.717) is 6.54 Å². The Hall–Kier alpha value is -1.32. The Morgan fingerprint density at radius 2 is 2.12 bits per heavy atom. The number of rotatable bonds is 2. The molecule has 1 aromatic carbocycles. The van der Waals surface area contributed by atoms with Crippen LogP contribution in [0.3, 0.4) is 0 Å². The van der Waals surface area contributed by atoms with E-state index < -0.39 is 0 Å². The normalized spacial score (nSPS) is 10.8. The van der Waals surface area contributed by atoms with Gasteiger partial charge in [0.1, 0.15) is 0 Å². The summed E-state index contributed by atoms with van der Waals surface area (Å²) in [5.41, 5.74) is 9.42. The second-order valence-electron chi connectivity index (χ2n) is 3.80. The molecule has 0 saturated heterocycles. The average Bonchev–Trinajstić information content (AvgIpc) is 2.64. The summed E-state index contributed by atoms with van der Waals surface area (Å²) < 4.78 is 1.83. The zero-order valence-electron chi connectivity index (χ0n) is 9.37. The summed E-state index contributed by atoms with van der Waals surface area (Å²) in [6.07, 6.45) is 0. The van der Waals surface area contributed by atoms with Gasteiger partial charge >= 0.3 is 0 Å². The molecule has 0 aliphatic rings. The van der Waals surface area contributed by atoms with Crippen LogP contribution in [0.5, 0.6) is 0 Å². The van der Waals surface area contributed by atoms with Crippen molar-refractivity contribution in [2.45, 2.75) is 20.4 Å². The molecule has 2 rings (SSSR count). The Balaban J connectivity index is 2.58. The van der Waals surface area contributed by atoms with Crippen molar-refractivity contribution in [2.75, 3.05) is 0 Å². The summed E-state index contributed by atoms with van der Waals surface area (Å²) in [6.45, 7) is 4.41. The number of hydrogen-bond donors (Lipinski definition) is 1. The van der Waals surface area contributed by atoms with Crippen LogP contribution in [0.1, 0.15) is 17.0 Å². The maximum atomic E-state index is 6.26. The topological polar surface area (TPSA) is 43.8 Å². The van der Waals surface area contributed by atoms with Crippen LogP contribution in [0, 0.1) is 13.8 Å². The third-order valence-electron chi connectivity index (χ3n) is 2.55. The molecule has 0 spiro atoms. The van der Waals surface area contributed by atoms with E-state index in [4.69, 9.17) is 17.3 Å². The van der Waals surface area contributed by atoms with E-state index in [1.807, 2.05) is 42.8 Å². The second kappa shape index (κ2) is 4.28. The van der Waals surface area contributed by atoms with Crippen LogP contribution in [-0.2, 0) is 6.54 Å². The van der Waals surface area contributed by atoms with E-state index in [0.717, 1.165) is 27.7 Å². The molecule has 16 heavy (non-hydrogen) atoms. The Kier molecular flexibility index (Phi) is 2.99. The molecule has 0 amide bonds. The van der Waals surface area contributed by atoms with Crippen molar-refractivity contribution in [3.8, 4) is 5.69 Å². The van der Waals surface area contributed by atoms with Gasteiger partial charge in [0, 0.05) is 12.2 Å².